The molecular weight excluding hydrogens is 1070 g/mol. The summed E-state index contributed by atoms with van der Waals surface area (Å²) < 4.78 is 11.2. The Morgan fingerprint density at radius 3 is 1.07 bits per heavy atom. The SMILES string of the molecule is CCCCCCCCCCCCC/C=C\C/C=C\CCCCCCCCCCCCCCCCCCC(O)C(=O)NC(COC1OC(CO)C(O)C(O)C1O)C(O)C(O)CCC/C=C/CCCCCCCCCCCCCCCCCCCCCC. The number of rotatable bonds is 66. The van der Waals surface area contributed by atoms with Gasteiger partial charge in [0.15, 0.2) is 6.29 Å². The summed E-state index contributed by atoms with van der Waals surface area (Å²) in [5.41, 5.74) is 0. The first-order chi connectivity index (χ1) is 42.2. The van der Waals surface area contributed by atoms with Crippen molar-refractivity contribution in [3.05, 3.63) is 36.5 Å². The van der Waals surface area contributed by atoms with E-state index in [1.807, 2.05) is 0 Å². The Bertz CT molecular complexity index is 1490. The van der Waals surface area contributed by atoms with Crippen LogP contribution in [0.3, 0.4) is 0 Å². The maximum Gasteiger partial charge on any atom is 0.249 e. The van der Waals surface area contributed by atoms with Gasteiger partial charge >= 0.3 is 0 Å². The minimum absolute atomic E-state index is 0.256. The van der Waals surface area contributed by atoms with Crippen LogP contribution in [-0.2, 0) is 14.3 Å². The summed E-state index contributed by atoms with van der Waals surface area (Å²) in [4.78, 5) is 13.3. The molecule has 9 unspecified atom stereocenters. The first-order valence-corrected chi connectivity index (χ1v) is 37.4. The Morgan fingerprint density at radius 1 is 0.407 bits per heavy atom. The van der Waals surface area contributed by atoms with Crippen LogP contribution in [0.15, 0.2) is 36.5 Å². The fourth-order valence-electron chi connectivity index (χ4n) is 12.2. The monoisotopic (exact) mass is 1220 g/mol. The molecular formula is C75H143NO10. The molecule has 0 aromatic carbocycles. The van der Waals surface area contributed by atoms with Crippen molar-refractivity contribution in [1.29, 1.82) is 0 Å². The number of nitrogens with one attached hydrogen (secondary N) is 1. The van der Waals surface area contributed by atoms with Gasteiger partial charge in [0, 0.05) is 0 Å². The molecule has 0 bridgehead atoms. The van der Waals surface area contributed by atoms with Crippen LogP contribution in [0.4, 0.5) is 0 Å². The molecule has 1 amide bonds. The van der Waals surface area contributed by atoms with Crippen molar-refractivity contribution in [3.63, 3.8) is 0 Å². The minimum atomic E-state index is -1.67. The summed E-state index contributed by atoms with van der Waals surface area (Å²) >= 11 is 0. The normalized spacial score (nSPS) is 18.9. The number of ether oxygens (including phenoxy) is 2. The number of hydrogen-bond donors (Lipinski definition) is 8. The zero-order chi connectivity index (χ0) is 62.4. The van der Waals surface area contributed by atoms with Crippen LogP contribution in [0.1, 0.15) is 367 Å². The molecule has 0 radical (unpaired) electrons. The predicted octanol–water partition coefficient (Wildman–Crippen LogP) is 18.5. The topological polar surface area (TPSA) is 189 Å². The largest absolute Gasteiger partial charge is 0.394 e. The zero-order valence-electron chi connectivity index (χ0n) is 56.3. The van der Waals surface area contributed by atoms with Crippen LogP contribution >= 0.6 is 0 Å². The second-order valence-corrected chi connectivity index (χ2v) is 26.4. The number of allylic oxidation sites excluding steroid dienone is 6. The van der Waals surface area contributed by atoms with Gasteiger partial charge in [0.25, 0.3) is 0 Å². The van der Waals surface area contributed by atoms with E-state index >= 15 is 0 Å². The van der Waals surface area contributed by atoms with Gasteiger partial charge in [-0.25, -0.2) is 0 Å². The van der Waals surface area contributed by atoms with Gasteiger partial charge in [-0.15, -0.1) is 0 Å². The van der Waals surface area contributed by atoms with Crippen LogP contribution in [0.2, 0.25) is 0 Å². The van der Waals surface area contributed by atoms with Crippen LogP contribution in [0.5, 0.6) is 0 Å². The highest BCUT2D eigenvalue weighted by molar-refractivity contribution is 5.80. The predicted molar refractivity (Wildman–Crippen MR) is 362 cm³/mol. The van der Waals surface area contributed by atoms with E-state index in [2.05, 4.69) is 55.6 Å². The second-order valence-electron chi connectivity index (χ2n) is 26.4. The maximum absolute atomic E-state index is 13.3. The number of unbranched alkanes of at least 4 members (excludes halogenated alkanes) is 48. The van der Waals surface area contributed by atoms with Crippen LogP contribution in [-0.4, -0.2) is 110 Å². The average Bonchev–Trinajstić information content (AvgIpc) is 3.28. The highest BCUT2D eigenvalue weighted by atomic mass is 16.7. The molecule has 1 aliphatic rings. The lowest BCUT2D eigenvalue weighted by Crippen LogP contribution is -2.60. The van der Waals surface area contributed by atoms with E-state index in [0.717, 1.165) is 44.9 Å². The van der Waals surface area contributed by atoms with E-state index in [4.69, 9.17) is 9.47 Å². The van der Waals surface area contributed by atoms with Crippen molar-refractivity contribution in [3.8, 4) is 0 Å². The third kappa shape index (κ3) is 50.0. The lowest BCUT2D eigenvalue weighted by atomic mass is 9.98. The Labute approximate surface area is 530 Å². The molecule has 1 heterocycles. The molecule has 8 N–H and O–H groups in total. The van der Waals surface area contributed by atoms with Gasteiger partial charge in [-0.2, -0.15) is 0 Å². The molecule has 1 saturated heterocycles. The fraction of sp³-hybridized carbons (Fsp3) is 0.907. The van der Waals surface area contributed by atoms with E-state index in [-0.39, 0.29) is 12.8 Å². The molecule has 1 aliphatic heterocycles. The average molecular weight is 1220 g/mol. The highest BCUT2D eigenvalue weighted by Crippen LogP contribution is 2.24. The number of aliphatic hydroxyl groups excluding tert-OH is 7. The number of carbonyl (C=O) groups excluding carboxylic acids is 1. The molecule has 0 spiro atoms. The fourth-order valence-corrected chi connectivity index (χ4v) is 12.2. The van der Waals surface area contributed by atoms with Crippen molar-refractivity contribution in [2.24, 2.45) is 0 Å². The first kappa shape index (κ1) is 82.3. The molecule has 1 fully saturated rings. The van der Waals surface area contributed by atoms with Gasteiger partial charge in [0.2, 0.25) is 5.91 Å². The lowest BCUT2D eigenvalue weighted by Gasteiger charge is -2.40. The van der Waals surface area contributed by atoms with Gasteiger partial charge < -0.3 is 50.5 Å². The molecule has 9 atom stereocenters. The molecule has 0 aromatic heterocycles. The summed E-state index contributed by atoms with van der Waals surface area (Å²) in [5.74, 6) is -0.700. The van der Waals surface area contributed by atoms with Crippen LogP contribution < -0.4 is 5.32 Å². The number of amides is 1. The smallest absolute Gasteiger partial charge is 0.249 e. The van der Waals surface area contributed by atoms with Crippen LogP contribution in [0.25, 0.3) is 0 Å². The number of hydrogen-bond acceptors (Lipinski definition) is 10. The van der Waals surface area contributed by atoms with E-state index in [1.54, 1.807) is 0 Å². The summed E-state index contributed by atoms with van der Waals surface area (Å²) in [6.45, 7) is 3.50. The van der Waals surface area contributed by atoms with Gasteiger partial charge in [-0.3, -0.25) is 4.79 Å². The van der Waals surface area contributed by atoms with E-state index in [0.29, 0.717) is 12.8 Å². The van der Waals surface area contributed by atoms with Crippen molar-refractivity contribution in [2.75, 3.05) is 13.2 Å². The number of aliphatic hydroxyl groups is 7. The van der Waals surface area contributed by atoms with E-state index in [1.165, 1.54) is 283 Å². The summed E-state index contributed by atoms with van der Waals surface area (Å²) in [7, 11) is 0. The minimum Gasteiger partial charge on any atom is -0.394 e. The Balaban J connectivity index is 2.17. The molecule has 508 valence electrons. The molecule has 0 saturated carbocycles. The Hall–Kier alpha value is -1.67. The summed E-state index contributed by atoms with van der Waals surface area (Å²) in [6, 6.07) is -1.19. The first-order valence-electron chi connectivity index (χ1n) is 37.4. The summed E-state index contributed by atoms with van der Waals surface area (Å²) in [5, 5.41) is 76.6. The highest BCUT2D eigenvalue weighted by Gasteiger charge is 2.44. The molecule has 11 nitrogen and oxygen atoms in total. The van der Waals surface area contributed by atoms with Gasteiger partial charge in [0.05, 0.1) is 25.4 Å². The zero-order valence-corrected chi connectivity index (χ0v) is 56.3. The molecule has 1 rings (SSSR count). The van der Waals surface area contributed by atoms with Crippen molar-refractivity contribution >= 4 is 5.91 Å². The third-order valence-electron chi connectivity index (χ3n) is 18.2. The maximum atomic E-state index is 13.3. The molecule has 0 aromatic rings. The second kappa shape index (κ2) is 63.5. The van der Waals surface area contributed by atoms with E-state index in [9.17, 15) is 40.5 Å². The van der Waals surface area contributed by atoms with Crippen molar-refractivity contribution in [1.82, 2.24) is 5.32 Å². The van der Waals surface area contributed by atoms with Gasteiger partial charge in [-0.05, 0) is 70.6 Å². The van der Waals surface area contributed by atoms with Gasteiger partial charge in [0.1, 0.15) is 36.6 Å². The van der Waals surface area contributed by atoms with Crippen LogP contribution in [0, 0.1) is 0 Å². The number of carbonyl (C=O) groups is 1. The molecule has 11 heteroatoms. The Kier molecular flexibility index (Phi) is 60.8. The standard InChI is InChI=1S/C75H143NO10/c1-3-5-7-9-11-13-15-17-19-21-23-25-27-29-30-31-32-33-34-35-36-37-39-41-43-45-47-49-51-53-55-57-59-61-63-68(79)74(84)76-66(65-85-75-73(83)72(82)71(81)69(64-77)86-75)70(80)67(78)62-60-58-56-54-52-50-48-46-44-42-40-38-28-26-24-22-20-18-16-14-12-10-8-6-4-2/h27,29,31-32,54,56,66-73,75,77-83H,3-26,28,30,33-53,55,57-65H2,1-2H3,(H,76,84)/b29-27-,32-31-,56-54+. The van der Waals surface area contributed by atoms with Crippen molar-refractivity contribution < 1.29 is 50.0 Å². The lowest BCUT2D eigenvalue weighted by molar-refractivity contribution is -0.303. The third-order valence-corrected chi connectivity index (χ3v) is 18.2. The molecule has 86 heavy (non-hydrogen) atoms. The van der Waals surface area contributed by atoms with E-state index < -0.39 is 74.2 Å². The van der Waals surface area contributed by atoms with Gasteiger partial charge in [-0.1, -0.05) is 333 Å². The molecule has 0 aliphatic carbocycles. The van der Waals surface area contributed by atoms with Crippen molar-refractivity contribution in [2.45, 2.75) is 422 Å². The Morgan fingerprint density at radius 2 is 0.721 bits per heavy atom. The summed E-state index contributed by atoms with van der Waals surface area (Å²) in [6.07, 6.45) is 71.0. The quantitative estimate of drug-likeness (QED) is 0.0215.